The van der Waals surface area contributed by atoms with Crippen molar-refractivity contribution < 1.29 is 24.1 Å². The van der Waals surface area contributed by atoms with Gasteiger partial charge in [0.2, 0.25) is 0 Å². The molecule has 1 N–H and O–H groups in total. The normalized spacial score (nSPS) is 15.6. The second-order valence-electron chi connectivity index (χ2n) is 7.68. The number of hydrogen-bond acceptors (Lipinski definition) is 7. The minimum atomic E-state index is -0.593. The first-order chi connectivity index (χ1) is 15.2. The third-order valence-electron chi connectivity index (χ3n) is 5.37. The Kier molecular flexibility index (Phi) is 9.42. The monoisotopic (exact) mass is 430 g/mol. The van der Waals surface area contributed by atoms with Gasteiger partial charge >= 0.3 is 0 Å². The molecule has 0 spiro atoms. The van der Waals surface area contributed by atoms with Gasteiger partial charge in [-0.15, -0.1) is 0 Å². The van der Waals surface area contributed by atoms with E-state index in [0.29, 0.717) is 6.54 Å². The van der Waals surface area contributed by atoms with E-state index in [-0.39, 0.29) is 6.61 Å². The number of rotatable bonds is 12. The number of hydrogen-bond donors (Lipinski definition) is 1. The first kappa shape index (κ1) is 23.3. The van der Waals surface area contributed by atoms with Crippen LogP contribution >= 0.6 is 0 Å². The van der Waals surface area contributed by atoms with Crippen LogP contribution in [0.3, 0.4) is 0 Å². The topological polar surface area (TPSA) is 63.6 Å². The second-order valence-corrected chi connectivity index (χ2v) is 7.68. The number of aliphatic hydroxyl groups is 1. The molecular formula is C24H34N2O5. The van der Waals surface area contributed by atoms with Crippen LogP contribution in [0.15, 0.2) is 48.5 Å². The summed E-state index contributed by atoms with van der Waals surface area (Å²) in [6.45, 7) is 6.84. The van der Waals surface area contributed by atoms with Gasteiger partial charge in [0.05, 0.1) is 27.4 Å². The Morgan fingerprint density at radius 3 is 2.13 bits per heavy atom. The van der Waals surface area contributed by atoms with Gasteiger partial charge < -0.3 is 24.1 Å². The molecule has 1 heterocycles. The van der Waals surface area contributed by atoms with E-state index in [2.05, 4.69) is 21.9 Å². The Hall–Kier alpha value is -2.32. The molecule has 1 saturated heterocycles. The molecule has 1 aliphatic heterocycles. The van der Waals surface area contributed by atoms with Gasteiger partial charge in [0.15, 0.2) is 0 Å². The highest BCUT2D eigenvalue weighted by Crippen LogP contribution is 2.17. The zero-order valence-corrected chi connectivity index (χ0v) is 18.5. The van der Waals surface area contributed by atoms with E-state index >= 15 is 0 Å². The van der Waals surface area contributed by atoms with Gasteiger partial charge in [0, 0.05) is 39.3 Å². The lowest BCUT2D eigenvalue weighted by molar-refractivity contribution is 0.0256. The molecule has 2 aromatic rings. The summed E-state index contributed by atoms with van der Waals surface area (Å²) in [6, 6.07) is 15.5. The van der Waals surface area contributed by atoms with Crippen LogP contribution in [0.5, 0.6) is 17.2 Å². The van der Waals surface area contributed by atoms with E-state index in [4.69, 9.17) is 18.9 Å². The smallest absolute Gasteiger partial charge is 0.119 e. The summed E-state index contributed by atoms with van der Waals surface area (Å²) in [5, 5.41) is 10.6. The standard InChI is InChI=1S/C24H34N2O5/c1-28-22-5-3-20(4-6-22)17-26(12-11-25-13-15-30-16-14-25)18-21(27)19-31-24-9-7-23(29-2)8-10-24/h3-10,21,27H,11-19H2,1-2H3. The van der Waals surface area contributed by atoms with Crippen molar-refractivity contribution in [1.29, 1.82) is 0 Å². The maximum absolute atomic E-state index is 10.6. The van der Waals surface area contributed by atoms with Crippen molar-refractivity contribution >= 4 is 0 Å². The molecule has 0 aromatic heterocycles. The van der Waals surface area contributed by atoms with Crippen LogP contribution in [0.1, 0.15) is 5.56 Å². The molecule has 0 radical (unpaired) electrons. The molecule has 1 fully saturated rings. The Bertz CT molecular complexity index is 748. The van der Waals surface area contributed by atoms with Gasteiger partial charge in [0.25, 0.3) is 0 Å². The number of nitrogens with zero attached hydrogens (tertiary/aromatic N) is 2. The van der Waals surface area contributed by atoms with E-state index in [1.165, 1.54) is 5.56 Å². The fourth-order valence-electron chi connectivity index (χ4n) is 3.55. The number of aliphatic hydroxyl groups excluding tert-OH is 1. The summed E-state index contributed by atoms with van der Waals surface area (Å²) in [4.78, 5) is 4.68. The zero-order valence-electron chi connectivity index (χ0n) is 18.5. The van der Waals surface area contributed by atoms with Crippen LogP contribution in [-0.4, -0.2) is 87.8 Å². The average Bonchev–Trinajstić information content (AvgIpc) is 2.82. The summed E-state index contributed by atoms with van der Waals surface area (Å²) in [5.41, 5.74) is 1.19. The lowest BCUT2D eigenvalue weighted by atomic mass is 10.2. The second kappa shape index (κ2) is 12.5. The van der Waals surface area contributed by atoms with Gasteiger partial charge in [-0.3, -0.25) is 9.80 Å². The van der Waals surface area contributed by atoms with Gasteiger partial charge in [-0.2, -0.15) is 0 Å². The Balaban J connectivity index is 1.53. The highest BCUT2D eigenvalue weighted by atomic mass is 16.5. The lowest BCUT2D eigenvalue weighted by Crippen LogP contribution is -2.43. The van der Waals surface area contributed by atoms with Crippen molar-refractivity contribution in [2.45, 2.75) is 12.6 Å². The maximum atomic E-state index is 10.6. The predicted octanol–water partition coefficient (Wildman–Crippen LogP) is 2.28. The van der Waals surface area contributed by atoms with Crippen LogP contribution in [0.2, 0.25) is 0 Å². The SMILES string of the molecule is COc1ccc(CN(CCN2CCOCC2)CC(O)COc2ccc(OC)cc2)cc1. The number of ether oxygens (including phenoxy) is 4. The van der Waals surface area contributed by atoms with Gasteiger partial charge in [0.1, 0.15) is 30.0 Å². The van der Waals surface area contributed by atoms with Gasteiger partial charge in [-0.1, -0.05) is 12.1 Å². The van der Waals surface area contributed by atoms with Crippen molar-refractivity contribution in [2.24, 2.45) is 0 Å². The van der Waals surface area contributed by atoms with Crippen molar-refractivity contribution in [2.75, 3.05) is 66.8 Å². The molecule has 0 saturated carbocycles. The van der Waals surface area contributed by atoms with E-state index < -0.39 is 6.10 Å². The van der Waals surface area contributed by atoms with Crippen LogP contribution < -0.4 is 14.2 Å². The molecule has 1 aliphatic rings. The summed E-state index contributed by atoms with van der Waals surface area (Å²) in [7, 11) is 3.30. The van der Waals surface area contributed by atoms with Crippen LogP contribution in [0, 0.1) is 0 Å². The highest BCUT2D eigenvalue weighted by molar-refractivity contribution is 5.31. The van der Waals surface area contributed by atoms with E-state index in [9.17, 15) is 5.11 Å². The first-order valence-electron chi connectivity index (χ1n) is 10.8. The molecule has 0 bridgehead atoms. The molecule has 7 nitrogen and oxygen atoms in total. The van der Waals surface area contributed by atoms with E-state index in [1.807, 2.05) is 36.4 Å². The van der Waals surface area contributed by atoms with Crippen LogP contribution in [0.4, 0.5) is 0 Å². The van der Waals surface area contributed by atoms with Crippen LogP contribution in [-0.2, 0) is 11.3 Å². The van der Waals surface area contributed by atoms with E-state index in [0.717, 1.165) is 63.2 Å². The third kappa shape index (κ3) is 8.03. The summed E-state index contributed by atoms with van der Waals surface area (Å²) >= 11 is 0. The molecular weight excluding hydrogens is 396 g/mol. The Morgan fingerprint density at radius 1 is 0.935 bits per heavy atom. The molecule has 1 unspecified atom stereocenters. The molecule has 1 atom stereocenters. The minimum Gasteiger partial charge on any atom is -0.497 e. The van der Waals surface area contributed by atoms with Crippen molar-refractivity contribution in [3.05, 3.63) is 54.1 Å². The Morgan fingerprint density at radius 2 is 1.52 bits per heavy atom. The van der Waals surface area contributed by atoms with Crippen LogP contribution in [0.25, 0.3) is 0 Å². The minimum absolute atomic E-state index is 0.239. The fraction of sp³-hybridized carbons (Fsp3) is 0.500. The number of benzene rings is 2. The largest absolute Gasteiger partial charge is 0.497 e. The molecule has 7 heteroatoms. The van der Waals surface area contributed by atoms with Crippen molar-refractivity contribution in [1.82, 2.24) is 9.80 Å². The molecule has 31 heavy (non-hydrogen) atoms. The average molecular weight is 431 g/mol. The maximum Gasteiger partial charge on any atom is 0.119 e. The molecule has 0 aliphatic carbocycles. The zero-order chi connectivity index (χ0) is 21.9. The number of methoxy groups -OCH3 is 2. The summed E-state index contributed by atoms with van der Waals surface area (Å²) in [6.07, 6.45) is -0.593. The van der Waals surface area contributed by atoms with E-state index in [1.54, 1.807) is 14.2 Å². The molecule has 170 valence electrons. The highest BCUT2D eigenvalue weighted by Gasteiger charge is 2.16. The first-order valence-corrected chi connectivity index (χ1v) is 10.8. The Labute approximate surface area is 185 Å². The molecule has 3 rings (SSSR count). The molecule has 0 amide bonds. The number of morpholine rings is 1. The van der Waals surface area contributed by atoms with Gasteiger partial charge in [-0.05, 0) is 42.0 Å². The third-order valence-corrected chi connectivity index (χ3v) is 5.37. The summed E-state index contributed by atoms with van der Waals surface area (Å²) in [5.74, 6) is 2.34. The lowest BCUT2D eigenvalue weighted by Gasteiger charge is -2.31. The van der Waals surface area contributed by atoms with Gasteiger partial charge in [-0.25, -0.2) is 0 Å². The summed E-state index contributed by atoms with van der Waals surface area (Å²) < 4.78 is 21.6. The van der Waals surface area contributed by atoms with Crippen molar-refractivity contribution in [3.8, 4) is 17.2 Å². The quantitative estimate of drug-likeness (QED) is 0.554. The fourth-order valence-corrected chi connectivity index (χ4v) is 3.55. The van der Waals surface area contributed by atoms with Crippen molar-refractivity contribution in [3.63, 3.8) is 0 Å². The predicted molar refractivity (Wildman–Crippen MR) is 120 cm³/mol. The molecule has 2 aromatic carbocycles.